The quantitative estimate of drug-likeness (QED) is 0.0873. The molecule has 3 aromatic heterocycles. The zero-order valence-electron chi connectivity index (χ0n) is 24.9. The minimum atomic E-state index is -4.64. The average Bonchev–Trinajstić information content (AvgIpc) is 3.57. The summed E-state index contributed by atoms with van der Waals surface area (Å²) in [6.07, 6.45) is -6.88. The lowest BCUT2D eigenvalue weighted by molar-refractivity contribution is -0.141. The normalized spacial score (nSPS) is 12.7. The number of imidazole rings is 1. The number of hydrogen-bond acceptors (Lipinski definition) is 6. The molecule has 0 atom stereocenters. The van der Waals surface area contributed by atoms with Gasteiger partial charge in [0.1, 0.15) is 24.7 Å². The minimum Gasteiger partial charge on any atom is -0.471 e. The third kappa shape index (κ3) is 7.53. The molecule has 0 saturated carbocycles. The molecule has 0 aliphatic rings. The van der Waals surface area contributed by atoms with Crippen molar-refractivity contribution in [2.75, 3.05) is 6.61 Å². The van der Waals surface area contributed by atoms with Gasteiger partial charge in [-0.15, -0.1) is 0 Å². The Morgan fingerprint density at radius 1 is 0.867 bits per heavy atom. The van der Waals surface area contributed by atoms with Gasteiger partial charge in [0.15, 0.2) is 17.0 Å². The first-order valence-corrected chi connectivity index (χ1v) is 17.6. The Labute approximate surface area is 255 Å². The molecule has 0 aliphatic heterocycles. The van der Waals surface area contributed by atoms with E-state index in [-0.39, 0.29) is 41.9 Å². The van der Waals surface area contributed by atoms with Gasteiger partial charge in [0.25, 0.3) is 0 Å². The number of alkyl halides is 6. The van der Waals surface area contributed by atoms with Crippen molar-refractivity contribution in [2.24, 2.45) is 7.05 Å². The second-order valence-electron chi connectivity index (χ2n) is 11.7. The van der Waals surface area contributed by atoms with Crippen LogP contribution in [0.25, 0.3) is 33.8 Å². The largest absolute Gasteiger partial charge is 0.471 e. The van der Waals surface area contributed by atoms with Crippen molar-refractivity contribution < 1.29 is 35.8 Å². The fourth-order valence-electron chi connectivity index (χ4n) is 4.51. The zero-order valence-corrected chi connectivity index (χ0v) is 25.9. The van der Waals surface area contributed by atoms with E-state index in [1.54, 1.807) is 24.3 Å². The van der Waals surface area contributed by atoms with Crippen LogP contribution in [0.3, 0.4) is 0 Å². The monoisotopic (exact) mass is 648 g/mol. The summed E-state index contributed by atoms with van der Waals surface area (Å²) in [4.78, 5) is 12.5. The molecule has 0 saturated heterocycles. The topological polar surface area (TPSA) is 79.9 Å². The molecule has 15 heteroatoms. The number of hydrogen-bond donors (Lipinski definition) is 0. The molecule has 0 amide bonds. The molecule has 0 fully saturated rings. The number of aryl methyl sites for hydroxylation is 1. The van der Waals surface area contributed by atoms with E-state index in [4.69, 9.17) is 9.47 Å². The second kappa shape index (κ2) is 12.3. The summed E-state index contributed by atoms with van der Waals surface area (Å²) in [6, 6.07) is 12.5. The number of rotatable bonds is 10. The third-order valence-corrected chi connectivity index (χ3v) is 8.60. The lowest BCUT2D eigenvalue weighted by Crippen LogP contribution is -2.22. The Bertz CT molecular complexity index is 1790. The maximum Gasteiger partial charge on any atom is 0.434 e. The number of ether oxygens (including phenoxy) is 2. The molecule has 238 valence electrons. The summed E-state index contributed by atoms with van der Waals surface area (Å²) >= 11 is 0. The van der Waals surface area contributed by atoms with Gasteiger partial charge in [-0.2, -0.15) is 36.4 Å². The Balaban J connectivity index is 1.45. The highest BCUT2D eigenvalue weighted by atomic mass is 28.3. The Morgan fingerprint density at radius 2 is 1.58 bits per heavy atom. The van der Waals surface area contributed by atoms with E-state index >= 15 is 0 Å². The van der Waals surface area contributed by atoms with Crippen molar-refractivity contribution in [2.45, 2.75) is 51.4 Å². The Hall–Kier alpha value is -4.24. The predicted molar refractivity (Wildman–Crippen MR) is 158 cm³/mol. The van der Waals surface area contributed by atoms with E-state index in [1.165, 1.54) is 40.7 Å². The molecule has 0 aliphatic carbocycles. The minimum absolute atomic E-state index is 0.00118. The number of nitrogens with zero attached hydrogens (tertiary/aromatic N) is 6. The van der Waals surface area contributed by atoms with Gasteiger partial charge < -0.3 is 14.0 Å². The van der Waals surface area contributed by atoms with Gasteiger partial charge in [0.2, 0.25) is 5.88 Å². The van der Waals surface area contributed by atoms with E-state index in [0.29, 0.717) is 23.3 Å². The van der Waals surface area contributed by atoms with Gasteiger partial charge in [-0.05, 0) is 17.7 Å². The predicted octanol–water partition coefficient (Wildman–Crippen LogP) is 7.82. The van der Waals surface area contributed by atoms with Crippen LogP contribution in [0, 0.1) is 0 Å². The van der Waals surface area contributed by atoms with Crippen molar-refractivity contribution in [1.82, 2.24) is 29.3 Å². The maximum atomic E-state index is 13.8. The zero-order chi connectivity index (χ0) is 32.6. The van der Waals surface area contributed by atoms with Crippen molar-refractivity contribution in [3.05, 3.63) is 77.7 Å². The second-order valence-corrected chi connectivity index (χ2v) is 17.3. The summed E-state index contributed by atoms with van der Waals surface area (Å²) in [5.41, 5.74) is -0.397. The smallest absolute Gasteiger partial charge is 0.434 e. The van der Waals surface area contributed by atoms with Crippen molar-refractivity contribution >= 4 is 19.1 Å². The first-order valence-electron chi connectivity index (χ1n) is 13.9. The number of benzene rings is 2. The summed E-state index contributed by atoms with van der Waals surface area (Å²) in [7, 11) is 0.126. The molecule has 0 unspecified atom stereocenters. The molecule has 0 spiro atoms. The van der Waals surface area contributed by atoms with Crippen LogP contribution < -0.4 is 4.74 Å². The third-order valence-electron chi connectivity index (χ3n) is 6.89. The molecule has 8 nitrogen and oxygen atoms in total. The molecular formula is C30H30F6N6O2Si. The van der Waals surface area contributed by atoms with Crippen LogP contribution in [-0.4, -0.2) is 44.0 Å². The summed E-state index contributed by atoms with van der Waals surface area (Å²) in [5.74, 6) is -0.0465. The SMILES string of the molecule is Cn1cc(C(F)(F)F)nc1-c1ccc(COc2nc(-c3ccccc3C(F)(F)F)nc3cnn(COCC[Si](C)(C)C)c23)cc1. The molecule has 45 heavy (non-hydrogen) atoms. The lowest BCUT2D eigenvalue weighted by atomic mass is 10.1. The van der Waals surface area contributed by atoms with Gasteiger partial charge in [-0.1, -0.05) is 62.1 Å². The maximum absolute atomic E-state index is 13.8. The number of fused-ring (bicyclic) bond motifs is 1. The van der Waals surface area contributed by atoms with Crippen molar-refractivity contribution in [1.29, 1.82) is 0 Å². The first kappa shape index (κ1) is 32.2. The van der Waals surface area contributed by atoms with E-state index in [0.717, 1.165) is 18.3 Å². The van der Waals surface area contributed by atoms with Gasteiger partial charge >= 0.3 is 12.4 Å². The van der Waals surface area contributed by atoms with Gasteiger partial charge in [0, 0.05) is 39.1 Å². The Morgan fingerprint density at radius 3 is 2.22 bits per heavy atom. The highest BCUT2D eigenvalue weighted by molar-refractivity contribution is 6.76. The molecule has 0 bridgehead atoms. The summed E-state index contributed by atoms with van der Waals surface area (Å²) in [6.45, 7) is 7.19. The standard InChI is InChI=1S/C30H30F6N6O2Si/c1-41-16-24(30(34,35)36)39-27(41)20-11-9-19(10-12-20)17-44-28-25-23(15-37-42(25)18-43-13-14-45(2,3)4)38-26(40-28)21-7-5-6-8-22(21)29(31,32)33/h5-12,15-16H,13-14,17-18H2,1-4H3. The van der Waals surface area contributed by atoms with Crippen LogP contribution >= 0.6 is 0 Å². The summed E-state index contributed by atoms with van der Waals surface area (Å²) in [5, 5.41) is 4.33. The highest BCUT2D eigenvalue weighted by Crippen LogP contribution is 2.37. The van der Waals surface area contributed by atoms with Crippen LogP contribution in [0.2, 0.25) is 25.7 Å². The van der Waals surface area contributed by atoms with Gasteiger partial charge in [-0.25, -0.2) is 14.6 Å². The fourth-order valence-corrected chi connectivity index (χ4v) is 5.27. The highest BCUT2D eigenvalue weighted by Gasteiger charge is 2.35. The Kier molecular flexibility index (Phi) is 8.77. The number of halogens is 6. The first-order chi connectivity index (χ1) is 21.1. The van der Waals surface area contributed by atoms with Crippen LogP contribution in [0.1, 0.15) is 16.8 Å². The average molecular weight is 649 g/mol. The molecule has 5 aromatic rings. The summed E-state index contributed by atoms with van der Waals surface area (Å²) < 4.78 is 95.6. The van der Waals surface area contributed by atoms with Crippen LogP contribution in [0.15, 0.2) is 60.9 Å². The van der Waals surface area contributed by atoms with Crippen LogP contribution in [-0.2, 0) is 37.5 Å². The molecular weight excluding hydrogens is 618 g/mol. The van der Waals surface area contributed by atoms with E-state index < -0.39 is 31.7 Å². The van der Waals surface area contributed by atoms with E-state index in [9.17, 15) is 26.3 Å². The van der Waals surface area contributed by atoms with Crippen LogP contribution in [0.5, 0.6) is 5.88 Å². The molecule has 5 rings (SSSR count). The van der Waals surface area contributed by atoms with Crippen molar-refractivity contribution in [3.8, 4) is 28.7 Å². The van der Waals surface area contributed by atoms with Crippen LogP contribution in [0.4, 0.5) is 26.3 Å². The van der Waals surface area contributed by atoms with Crippen molar-refractivity contribution in [3.63, 3.8) is 0 Å². The molecule has 2 aromatic carbocycles. The van der Waals surface area contributed by atoms with Gasteiger partial charge in [0.05, 0.1) is 11.8 Å². The van der Waals surface area contributed by atoms with Gasteiger partial charge in [-0.3, -0.25) is 0 Å². The number of aromatic nitrogens is 6. The molecule has 0 N–H and O–H groups in total. The molecule has 3 heterocycles. The molecule has 0 radical (unpaired) electrons. The fraction of sp³-hybridized carbons (Fsp3) is 0.333. The van der Waals surface area contributed by atoms with E-state index in [1.807, 2.05) is 0 Å². The van der Waals surface area contributed by atoms with E-state index in [2.05, 4.69) is 39.7 Å². The lowest BCUT2D eigenvalue weighted by Gasteiger charge is -2.16.